The molecule has 1 aromatic heterocycles. The van der Waals surface area contributed by atoms with Gasteiger partial charge in [0.15, 0.2) is 0 Å². The summed E-state index contributed by atoms with van der Waals surface area (Å²) in [5.41, 5.74) is 0. The zero-order valence-electron chi connectivity index (χ0n) is 10.3. The second-order valence-corrected chi connectivity index (χ2v) is 5.02. The van der Waals surface area contributed by atoms with Gasteiger partial charge in [0.05, 0.1) is 6.20 Å². The van der Waals surface area contributed by atoms with Crippen LogP contribution in [-0.2, 0) is 0 Å². The first kappa shape index (κ1) is 11.4. The Morgan fingerprint density at radius 2 is 2.31 bits per heavy atom. The zero-order valence-corrected chi connectivity index (χ0v) is 10.3. The number of nitrogens with zero attached hydrogens (tertiary/aromatic N) is 3. The Morgan fingerprint density at radius 3 is 3.00 bits per heavy atom. The monoisotopic (exact) mass is 219 g/mol. The van der Waals surface area contributed by atoms with Crippen LogP contribution >= 0.6 is 0 Å². The molecule has 3 nitrogen and oxygen atoms in total. The van der Waals surface area contributed by atoms with Crippen molar-refractivity contribution in [1.82, 2.24) is 9.97 Å². The van der Waals surface area contributed by atoms with E-state index in [4.69, 9.17) is 0 Å². The average molecular weight is 219 g/mol. The molecule has 1 aromatic rings. The first-order valence-electron chi connectivity index (χ1n) is 6.30. The largest absolute Gasteiger partial charge is 0.352 e. The molecule has 16 heavy (non-hydrogen) atoms. The summed E-state index contributed by atoms with van der Waals surface area (Å²) >= 11 is 0. The zero-order chi connectivity index (χ0) is 11.4. The maximum absolute atomic E-state index is 4.40. The summed E-state index contributed by atoms with van der Waals surface area (Å²) in [4.78, 5) is 11.0. The third-order valence-electron chi connectivity index (χ3n) is 3.30. The van der Waals surface area contributed by atoms with E-state index < -0.39 is 0 Å². The van der Waals surface area contributed by atoms with Gasteiger partial charge in [-0.3, -0.25) is 4.98 Å². The van der Waals surface area contributed by atoms with Crippen molar-refractivity contribution in [1.29, 1.82) is 0 Å². The van der Waals surface area contributed by atoms with E-state index in [1.165, 1.54) is 25.7 Å². The van der Waals surface area contributed by atoms with Crippen LogP contribution in [0.15, 0.2) is 18.6 Å². The van der Waals surface area contributed by atoms with Gasteiger partial charge in [0.25, 0.3) is 0 Å². The maximum Gasteiger partial charge on any atom is 0.147 e. The minimum atomic E-state index is 0.680. The lowest BCUT2D eigenvalue weighted by molar-refractivity contribution is 0.494. The van der Waals surface area contributed by atoms with Crippen LogP contribution in [0, 0.1) is 5.92 Å². The maximum atomic E-state index is 4.40. The summed E-state index contributed by atoms with van der Waals surface area (Å²) in [6.07, 6.45) is 10.6. The Bertz CT molecular complexity index is 310. The first-order valence-corrected chi connectivity index (χ1v) is 6.30. The molecule has 1 fully saturated rings. The molecule has 0 radical (unpaired) electrons. The Kier molecular flexibility index (Phi) is 3.75. The van der Waals surface area contributed by atoms with E-state index >= 15 is 0 Å². The van der Waals surface area contributed by atoms with Crippen LogP contribution in [0.25, 0.3) is 0 Å². The SMILES string of the molecule is CC(C)CCC1CCCN1c1cnccn1. The van der Waals surface area contributed by atoms with E-state index in [0.717, 1.165) is 18.3 Å². The smallest absolute Gasteiger partial charge is 0.147 e. The summed E-state index contributed by atoms with van der Waals surface area (Å²) in [5, 5.41) is 0. The number of anilines is 1. The molecule has 0 aliphatic carbocycles. The van der Waals surface area contributed by atoms with Gasteiger partial charge in [0.2, 0.25) is 0 Å². The Hall–Kier alpha value is -1.12. The Morgan fingerprint density at radius 1 is 1.44 bits per heavy atom. The van der Waals surface area contributed by atoms with E-state index in [9.17, 15) is 0 Å². The van der Waals surface area contributed by atoms with Gasteiger partial charge in [-0.15, -0.1) is 0 Å². The summed E-state index contributed by atoms with van der Waals surface area (Å²) in [6.45, 7) is 5.73. The topological polar surface area (TPSA) is 29.0 Å². The first-order chi connectivity index (χ1) is 7.77. The van der Waals surface area contributed by atoms with Crippen molar-refractivity contribution >= 4 is 5.82 Å². The molecule has 0 spiro atoms. The van der Waals surface area contributed by atoms with E-state index in [1.54, 1.807) is 12.4 Å². The average Bonchev–Trinajstić information content (AvgIpc) is 2.75. The van der Waals surface area contributed by atoms with Crippen molar-refractivity contribution in [3.63, 3.8) is 0 Å². The van der Waals surface area contributed by atoms with Crippen molar-refractivity contribution < 1.29 is 0 Å². The molecule has 1 atom stereocenters. The molecule has 1 saturated heterocycles. The van der Waals surface area contributed by atoms with Crippen LogP contribution in [0.1, 0.15) is 39.5 Å². The molecule has 2 rings (SSSR count). The predicted molar refractivity (Wildman–Crippen MR) is 66.5 cm³/mol. The lowest BCUT2D eigenvalue weighted by Gasteiger charge is -2.25. The third kappa shape index (κ3) is 2.71. The molecule has 0 bridgehead atoms. The van der Waals surface area contributed by atoms with Crippen LogP contribution in [0.4, 0.5) is 5.82 Å². The van der Waals surface area contributed by atoms with Gasteiger partial charge in [0.1, 0.15) is 5.82 Å². The number of hydrogen-bond donors (Lipinski definition) is 0. The lowest BCUT2D eigenvalue weighted by atomic mass is 10.0. The van der Waals surface area contributed by atoms with Crippen LogP contribution in [0.5, 0.6) is 0 Å². The summed E-state index contributed by atoms with van der Waals surface area (Å²) < 4.78 is 0. The third-order valence-corrected chi connectivity index (χ3v) is 3.30. The second-order valence-electron chi connectivity index (χ2n) is 5.02. The number of hydrogen-bond acceptors (Lipinski definition) is 3. The fourth-order valence-electron chi connectivity index (χ4n) is 2.40. The molecule has 88 valence electrons. The number of aromatic nitrogens is 2. The molecule has 0 N–H and O–H groups in total. The summed E-state index contributed by atoms with van der Waals surface area (Å²) in [5.74, 6) is 1.85. The van der Waals surface area contributed by atoms with Gasteiger partial charge in [-0.25, -0.2) is 4.98 Å². The van der Waals surface area contributed by atoms with Crippen molar-refractivity contribution in [3.8, 4) is 0 Å². The minimum Gasteiger partial charge on any atom is -0.352 e. The molecule has 0 saturated carbocycles. The highest BCUT2D eigenvalue weighted by Crippen LogP contribution is 2.26. The van der Waals surface area contributed by atoms with Gasteiger partial charge in [-0.05, 0) is 31.6 Å². The van der Waals surface area contributed by atoms with Crippen molar-refractivity contribution in [3.05, 3.63) is 18.6 Å². The molecule has 1 aliphatic rings. The minimum absolute atomic E-state index is 0.680. The lowest BCUT2D eigenvalue weighted by Crippen LogP contribution is -2.30. The molecule has 0 amide bonds. The second kappa shape index (κ2) is 5.28. The fourth-order valence-corrected chi connectivity index (χ4v) is 2.40. The van der Waals surface area contributed by atoms with Crippen molar-refractivity contribution in [2.75, 3.05) is 11.4 Å². The van der Waals surface area contributed by atoms with Gasteiger partial charge in [-0.1, -0.05) is 13.8 Å². The van der Waals surface area contributed by atoms with Gasteiger partial charge < -0.3 is 4.90 Å². The molecule has 1 aliphatic heterocycles. The molecule has 1 unspecified atom stereocenters. The van der Waals surface area contributed by atoms with Crippen LogP contribution in [-0.4, -0.2) is 22.6 Å². The fraction of sp³-hybridized carbons (Fsp3) is 0.692. The Balaban J connectivity index is 1.98. The predicted octanol–water partition coefficient (Wildman–Crippen LogP) is 2.88. The van der Waals surface area contributed by atoms with E-state index in [0.29, 0.717) is 6.04 Å². The van der Waals surface area contributed by atoms with Crippen molar-refractivity contribution in [2.45, 2.75) is 45.6 Å². The van der Waals surface area contributed by atoms with Crippen molar-refractivity contribution in [2.24, 2.45) is 5.92 Å². The van der Waals surface area contributed by atoms with Gasteiger partial charge in [0, 0.05) is 25.0 Å². The summed E-state index contributed by atoms with van der Waals surface area (Å²) in [6, 6.07) is 0.680. The highest BCUT2D eigenvalue weighted by atomic mass is 15.2. The highest BCUT2D eigenvalue weighted by Gasteiger charge is 2.25. The van der Waals surface area contributed by atoms with E-state index in [2.05, 4.69) is 28.7 Å². The molecular formula is C13H21N3. The van der Waals surface area contributed by atoms with Gasteiger partial charge in [-0.2, -0.15) is 0 Å². The Labute approximate surface area is 97.9 Å². The molecule has 2 heterocycles. The highest BCUT2D eigenvalue weighted by molar-refractivity contribution is 5.38. The van der Waals surface area contributed by atoms with E-state index in [-0.39, 0.29) is 0 Å². The number of rotatable bonds is 4. The van der Waals surface area contributed by atoms with E-state index in [1.807, 2.05) is 6.20 Å². The quantitative estimate of drug-likeness (QED) is 0.779. The van der Waals surface area contributed by atoms with Gasteiger partial charge >= 0.3 is 0 Å². The van der Waals surface area contributed by atoms with Crippen LogP contribution < -0.4 is 4.90 Å². The summed E-state index contributed by atoms with van der Waals surface area (Å²) in [7, 11) is 0. The molecular weight excluding hydrogens is 198 g/mol. The molecule has 0 aromatic carbocycles. The van der Waals surface area contributed by atoms with Crippen LogP contribution in [0.2, 0.25) is 0 Å². The normalized spacial score (nSPS) is 20.7. The standard InChI is InChI=1S/C13H21N3/c1-11(2)5-6-12-4-3-9-16(12)13-10-14-7-8-15-13/h7-8,10-12H,3-6,9H2,1-2H3. The molecule has 3 heteroatoms. The van der Waals surface area contributed by atoms with Crippen LogP contribution in [0.3, 0.4) is 0 Å².